The van der Waals surface area contributed by atoms with E-state index in [1.54, 1.807) is 23.1 Å². The monoisotopic (exact) mass is 471 g/mol. The number of hydrogen-bond acceptors (Lipinski definition) is 4. The smallest absolute Gasteiger partial charge is 0.242 e. The van der Waals surface area contributed by atoms with Crippen LogP contribution in [-0.4, -0.2) is 33.7 Å². The van der Waals surface area contributed by atoms with Crippen molar-refractivity contribution in [2.24, 2.45) is 4.99 Å². The van der Waals surface area contributed by atoms with Crippen LogP contribution >= 0.6 is 35.0 Å². The van der Waals surface area contributed by atoms with Crippen molar-refractivity contribution >= 4 is 74.1 Å². The summed E-state index contributed by atoms with van der Waals surface area (Å²) in [6, 6.07) is 18.9. The lowest BCUT2D eigenvalue weighted by molar-refractivity contribution is -0.128. The number of anilines is 1. The Morgan fingerprint density at radius 3 is 2.65 bits per heavy atom. The number of halogens is 2. The van der Waals surface area contributed by atoms with Gasteiger partial charge in [-0.15, -0.1) is 0 Å². The van der Waals surface area contributed by atoms with Crippen molar-refractivity contribution in [1.29, 1.82) is 0 Å². The van der Waals surface area contributed by atoms with E-state index in [0.29, 0.717) is 22.4 Å². The molecule has 3 aromatic carbocycles. The molecule has 158 valence electrons. The number of hydrogen-bond donors (Lipinski definition) is 1. The molecule has 1 atom stereocenters. The minimum Gasteiger partial charge on any atom is -0.325 e. The molecule has 1 aliphatic heterocycles. The molecule has 31 heavy (non-hydrogen) atoms. The number of carbonyl (C=O) groups excluding carboxylic acids is 2. The summed E-state index contributed by atoms with van der Waals surface area (Å²) in [5.74, 6) is -0.434. The maximum absolute atomic E-state index is 12.9. The number of carbonyl (C=O) groups is 2. The van der Waals surface area contributed by atoms with Crippen LogP contribution in [-0.2, 0) is 9.59 Å². The van der Waals surface area contributed by atoms with Crippen molar-refractivity contribution in [1.82, 2.24) is 4.90 Å². The molecule has 0 saturated carbocycles. The Labute approximate surface area is 194 Å². The van der Waals surface area contributed by atoms with Crippen LogP contribution in [0.15, 0.2) is 65.7 Å². The summed E-state index contributed by atoms with van der Waals surface area (Å²) in [7, 11) is 0. The summed E-state index contributed by atoms with van der Waals surface area (Å²) in [4.78, 5) is 31.9. The molecule has 1 heterocycles. The molecule has 1 aliphatic rings. The molecular formula is C23H19Cl2N3O2S. The summed E-state index contributed by atoms with van der Waals surface area (Å²) in [5.41, 5.74) is 1.22. The average Bonchev–Trinajstić information content (AvgIpc) is 3.05. The van der Waals surface area contributed by atoms with Crippen LogP contribution in [0.1, 0.15) is 13.3 Å². The second kappa shape index (κ2) is 9.30. The number of rotatable bonds is 5. The quantitative estimate of drug-likeness (QED) is 0.486. The average molecular weight is 472 g/mol. The van der Waals surface area contributed by atoms with E-state index in [-0.39, 0.29) is 23.3 Å². The van der Waals surface area contributed by atoms with E-state index in [0.717, 1.165) is 16.5 Å². The van der Waals surface area contributed by atoms with Gasteiger partial charge in [-0.1, -0.05) is 77.4 Å². The van der Waals surface area contributed by atoms with Gasteiger partial charge in [-0.3, -0.25) is 14.5 Å². The van der Waals surface area contributed by atoms with E-state index in [1.165, 1.54) is 11.8 Å². The predicted molar refractivity (Wildman–Crippen MR) is 130 cm³/mol. The first-order valence-corrected chi connectivity index (χ1v) is 11.4. The number of benzene rings is 3. The van der Waals surface area contributed by atoms with Gasteiger partial charge in [-0.25, -0.2) is 4.99 Å². The molecule has 0 aliphatic carbocycles. The zero-order chi connectivity index (χ0) is 22.0. The fraction of sp³-hybridized carbons (Fsp3) is 0.174. The van der Waals surface area contributed by atoms with E-state index >= 15 is 0 Å². The second-order valence-electron chi connectivity index (χ2n) is 6.94. The summed E-state index contributed by atoms with van der Waals surface area (Å²) in [6.07, 6.45) is 0.0113. The summed E-state index contributed by atoms with van der Waals surface area (Å²) < 4.78 is 0. The molecule has 5 nitrogen and oxygen atoms in total. The van der Waals surface area contributed by atoms with Crippen LogP contribution in [0.4, 0.5) is 11.4 Å². The highest BCUT2D eigenvalue weighted by atomic mass is 35.5. The second-order valence-corrected chi connectivity index (χ2v) is 8.89. The van der Waals surface area contributed by atoms with Gasteiger partial charge in [0.05, 0.1) is 21.4 Å². The molecule has 4 rings (SSSR count). The van der Waals surface area contributed by atoms with Gasteiger partial charge in [0.15, 0.2) is 5.17 Å². The molecule has 3 aromatic rings. The normalized spacial score (nSPS) is 17.5. The Balaban J connectivity index is 1.54. The topological polar surface area (TPSA) is 61.8 Å². The van der Waals surface area contributed by atoms with E-state index in [1.807, 2.05) is 49.4 Å². The van der Waals surface area contributed by atoms with Gasteiger partial charge in [0, 0.05) is 18.4 Å². The number of nitrogens with zero attached hydrogens (tertiary/aromatic N) is 2. The van der Waals surface area contributed by atoms with Crippen molar-refractivity contribution in [3.63, 3.8) is 0 Å². The predicted octanol–water partition coefficient (Wildman–Crippen LogP) is 6.13. The van der Waals surface area contributed by atoms with E-state index < -0.39 is 5.25 Å². The van der Waals surface area contributed by atoms with Crippen LogP contribution in [0, 0.1) is 0 Å². The number of amides is 2. The van der Waals surface area contributed by atoms with Crippen LogP contribution in [0.2, 0.25) is 10.0 Å². The lowest BCUT2D eigenvalue weighted by Crippen LogP contribution is -2.33. The summed E-state index contributed by atoms with van der Waals surface area (Å²) >= 11 is 13.5. The molecule has 1 N–H and O–H groups in total. The molecule has 0 radical (unpaired) electrons. The zero-order valence-electron chi connectivity index (χ0n) is 16.6. The SMILES string of the molecule is CCN1C(=O)C(CC(=O)Nc2cccc(Cl)c2Cl)SC1=Nc1cccc2ccccc12. The van der Waals surface area contributed by atoms with Gasteiger partial charge in [-0.2, -0.15) is 0 Å². The Morgan fingerprint density at radius 2 is 1.84 bits per heavy atom. The number of nitrogens with one attached hydrogen (secondary N) is 1. The molecule has 0 aromatic heterocycles. The Morgan fingerprint density at radius 1 is 1.10 bits per heavy atom. The highest BCUT2D eigenvalue weighted by molar-refractivity contribution is 8.15. The van der Waals surface area contributed by atoms with Crippen molar-refractivity contribution in [3.05, 3.63) is 70.7 Å². The Kier molecular flexibility index (Phi) is 6.51. The number of aliphatic imine (C=N–C) groups is 1. The third-order valence-corrected chi connectivity index (χ3v) is 6.91. The largest absolute Gasteiger partial charge is 0.325 e. The first-order chi connectivity index (χ1) is 15.0. The van der Waals surface area contributed by atoms with Crippen molar-refractivity contribution in [2.45, 2.75) is 18.6 Å². The minimum absolute atomic E-state index is 0.0113. The Bertz CT molecular complexity index is 1190. The van der Waals surface area contributed by atoms with Gasteiger partial charge in [0.1, 0.15) is 5.25 Å². The molecule has 1 saturated heterocycles. The van der Waals surface area contributed by atoms with Gasteiger partial charge in [0.25, 0.3) is 0 Å². The zero-order valence-corrected chi connectivity index (χ0v) is 19.0. The van der Waals surface area contributed by atoms with E-state index in [2.05, 4.69) is 5.32 Å². The Hall–Kier alpha value is -2.54. The third-order valence-electron chi connectivity index (χ3n) is 4.92. The first kappa shape index (κ1) is 21.7. The highest BCUT2D eigenvalue weighted by Gasteiger charge is 2.38. The van der Waals surface area contributed by atoms with Crippen molar-refractivity contribution < 1.29 is 9.59 Å². The lowest BCUT2D eigenvalue weighted by atomic mass is 10.1. The molecular weight excluding hydrogens is 453 g/mol. The summed E-state index contributed by atoms with van der Waals surface area (Å²) in [5, 5.41) is 5.51. The van der Waals surface area contributed by atoms with Crippen LogP contribution in [0.5, 0.6) is 0 Å². The number of thioether (sulfide) groups is 1. The highest BCUT2D eigenvalue weighted by Crippen LogP contribution is 2.35. The summed E-state index contributed by atoms with van der Waals surface area (Å²) in [6.45, 7) is 2.37. The van der Waals surface area contributed by atoms with Gasteiger partial charge in [-0.05, 0) is 30.5 Å². The van der Waals surface area contributed by atoms with Gasteiger partial charge in [0.2, 0.25) is 11.8 Å². The van der Waals surface area contributed by atoms with Gasteiger partial charge < -0.3 is 5.32 Å². The maximum Gasteiger partial charge on any atom is 0.242 e. The van der Waals surface area contributed by atoms with Crippen LogP contribution in [0.25, 0.3) is 10.8 Å². The molecule has 0 spiro atoms. The van der Waals surface area contributed by atoms with Gasteiger partial charge >= 0.3 is 0 Å². The molecule has 0 bridgehead atoms. The van der Waals surface area contributed by atoms with Crippen molar-refractivity contribution in [2.75, 3.05) is 11.9 Å². The lowest BCUT2D eigenvalue weighted by Gasteiger charge is -2.14. The third kappa shape index (κ3) is 4.56. The van der Waals surface area contributed by atoms with Crippen LogP contribution < -0.4 is 5.32 Å². The molecule has 1 fully saturated rings. The van der Waals surface area contributed by atoms with Crippen LogP contribution in [0.3, 0.4) is 0 Å². The fourth-order valence-electron chi connectivity index (χ4n) is 3.39. The maximum atomic E-state index is 12.9. The minimum atomic E-state index is -0.549. The van der Waals surface area contributed by atoms with E-state index in [9.17, 15) is 9.59 Å². The van der Waals surface area contributed by atoms with Crippen molar-refractivity contribution in [3.8, 4) is 0 Å². The number of amidine groups is 1. The number of fused-ring (bicyclic) bond motifs is 1. The first-order valence-electron chi connectivity index (χ1n) is 9.76. The van der Waals surface area contributed by atoms with E-state index in [4.69, 9.17) is 28.2 Å². The fourth-order valence-corrected chi connectivity index (χ4v) is 4.96. The molecule has 8 heteroatoms. The molecule has 2 amide bonds. The standard InChI is InChI=1S/C23H19Cl2N3O2S/c1-2-28-22(30)19(13-20(29)26-18-12-6-10-16(24)21(18)25)31-23(28)27-17-11-5-8-14-7-3-4-9-15(14)17/h3-12,19H,2,13H2,1H3,(H,26,29). The molecule has 1 unspecified atom stereocenters.